The van der Waals surface area contributed by atoms with Crippen LogP contribution in [0, 0.1) is 28.7 Å². The Balaban J connectivity index is 2.43. The lowest BCUT2D eigenvalue weighted by atomic mass is 10.1. The fraction of sp³-hybridized carbons (Fsp3) is 0.0714. The van der Waals surface area contributed by atoms with Gasteiger partial charge in [0.2, 0.25) is 5.82 Å². The van der Waals surface area contributed by atoms with E-state index in [1.807, 2.05) is 0 Å². The molecule has 2 rings (SSSR count). The Morgan fingerprint density at radius 1 is 1.14 bits per heavy atom. The molecule has 0 aromatic heterocycles. The van der Waals surface area contributed by atoms with E-state index < -0.39 is 28.0 Å². The Hall–Kier alpha value is -2.83. The fourth-order valence-electron chi connectivity index (χ4n) is 1.71. The molecule has 0 saturated carbocycles. The maximum atomic E-state index is 13.7. The van der Waals surface area contributed by atoms with Gasteiger partial charge in [-0.1, -0.05) is 11.6 Å². The van der Waals surface area contributed by atoms with Gasteiger partial charge in [-0.05, 0) is 19.1 Å². The van der Waals surface area contributed by atoms with Crippen LogP contribution >= 0.6 is 0 Å². The molecule has 0 spiro atoms. The summed E-state index contributed by atoms with van der Waals surface area (Å²) in [6, 6.07) is 5.57. The summed E-state index contributed by atoms with van der Waals surface area (Å²) in [4.78, 5) is 20.4. The first-order chi connectivity index (χ1) is 9.92. The lowest BCUT2D eigenvalue weighted by Crippen LogP contribution is -1.98. The molecular formula is C14H9F2NO4. The Labute approximate surface area is 117 Å². The number of hydrogen-bond donors (Lipinski definition) is 0. The summed E-state index contributed by atoms with van der Waals surface area (Å²) in [5, 5.41) is 10.5. The quantitative estimate of drug-likeness (QED) is 0.488. The van der Waals surface area contributed by atoms with E-state index in [0.717, 1.165) is 5.56 Å². The van der Waals surface area contributed by atoms with Crippen LogP contribution in [0.5, 0.6) is 11.5 Å². The number of nitro benzene ring substituents is 1. The highest BCUT2D eigenvalue weighted by atomic mass is 19.1. The monoisotopic (exact) mass is 293 g/mol. The van der Waals surface area contributed by atoms with Gasteiger partial charge in [-0.2, -0.15) is 4.39 Å². The van der Waals surface area contributed by atoms with Crippen molar-refractivity contribution in [2.24, 2.45) is 0 Å². The molecule has 2 aromatic carbocycles. The van der Waals surface area contributed by atoms with Gasteiger partial charge in [0, 0.05) is 6.07 Å². The number of hydrogen-bond acceptors (Lipinski definition) is 4. The molecule has 0 amide bonds. The molecule has 0 atom stereocenters. The average Bonchev–Trinajstić information content (AvgIpc) is 2.43. The SMILES string of the molecule is Cc1ccc(Oc2cc(F)c([N+](=O)[O-])cc2F)c(C=O)c1. The summed E-state index contributed by atoms with van der Waals surface area (Å²) in [7, 11) is 0. The van der Waals surface area contributed by atoms with Gasteiger partial charge in [0.1, 0.15) is 5.75 Å². The Morgan fingerprint density at radius 3 is 2.48 bits per heavy atom. The van der Waals surface area contributed by atoms with Crippen LogP contribution in [0.1, 0.15) is 15.9 Å². The summed E-state index contributed by atoms with van der Waals surface area (Å²) in [6.07, 6.45) is 0.516. The predicted octanol–water partition coefficient (Wildman–Crippen LogP) is 3.79. The topological polar surface area (TPSA) is 69.4 Å². The normalized spacial score (nSPS) is 10.2. The Bertz CT molecular complexity index is 731. The first-order valence-corrected chi connectivity index (χ1v) is 5.79. The van der Waals surface area contributed by atoms with Crippen molar-refractivity contribution in [1.82, 2.24) is 0 Å². The number of carbonyl (C=O) groups is 1. The van der Waals surface area contributed by atoms with Crippen molar-refractivity contribution in [3.05, 3.63) is 63.2 Å². The molecule has 108 valence electrons. The molecule has 0 bridgehead atoms. The van der Waals surface area contributed by atoms with E-state index in [4.69, 9.17) is 4.74 Å². The van der Waals surface area contributed by atoms with Crippen molar-refractivity contribution >= 4 is 12.0 Å². The zero-order valence-corrected chi connectivity index (χ0v) is 10.8. The molecule has 5 nitrogen and oxygen atoms in total. The Kier molecular flexibility index (Phi) is 3.93. The lowest BCUT2D eigenvalue weighted by Gasteiger charge is -2.09. The van der Waals surface area contributed by atoms with Gasteiger partial charge in [0.15, 0.2) is 17.9 Å². The van der Waals surface area contributed by atoms with Crippen LogP contribution in [0.2, 0.25) is 0 Å². The number of halogens is 2. The number of rotatable bonds is 4. The first kappa shape index (κ1) is 14.6. The third-order valence-electron chi connectivity index (χ3n) is 2.71. The van der Waals surface area contributed by atoms with Crippen molar-refractivity contribution in [3.63, 3.8) is 0 Å². The second kappa shape index (κ2) is 5.66. The second-order valence-electron chi connectivity index (χ2n) is 4.25. The van der Waals surface area contributed by atoms with Crippen LogP contribution < -0.4 is 4.74 Å². The maximum absolute atomic E-state index is 13.7. The van der Waals surface area contributed by atoms with Crippen molar-refractivity contribution < 1.29 is 23.2 Å². The maximum Gasteiger partial charge on any atom is 0.307 e. The number of nitrogens with zero attached hydrogens (tertiary/aromatic N) is 1. The largest absolute Gasteiger partial charge is 0.453 e. The molecule has 0 heterocycles. The van der Waals surface area contributed by atoms with Crippen LogP contribution in [0.15, 0.2) is 30.3 Å². The van der Waals surface area contributed by atoms with Gasteiger partial charge >= 0.3 is 5.69 Å². The van der Waals surface area contributed by atoms with E-state index in [1.165, 1.54) is 12.1 Å². The first-order valence-electron chi connectivity index (χ1n) is 5.79. The van der Waals surface area contributed by atoms with Crippen LogP contribution in [-0.4, -0.2) is 11.2 Å². The van der Waals surface area contributed by atoms with Crippen molar-refractivity contribution in [1.29, 1.82) is 0 Å². The van der Waals surface area contributed by atoms with Crippen molar-refractivity contribution in [3.8, 4) is 11.5 Å². The average molecular weight is 293 g/mol. The van der Waals surface area contributed by atoms with Crippen LogP contribution in [-0.2, 0) is 0 Å². The highest BCUT2D eigenvalue weighted by Crippen LogP contribution is 2.31. The van der Waals surface area contributed by atoms with E-state index >= 15 is 0 Å². The van der Waals surface area contributed by atoms with Gasteiger partial charge in [0.25, 0.3) is 0 Å². The zero-order valence-electron chi connectivity index (χ0n) is 10.8. The molecule has 0 saturated heterocycles. The molecule has 0 aliphatic heterocycles. The van der Waals surface area contributed by atoms with Crippen molar-refractivity contribution in [2.45, 2.75) is 6.92 Å². The lowest BCUT2D eigenvalue weighted by molar-refractivity contribution is -0.387. The zero-order chi connectivity index (χ0) is 15.6. The summed E-state index contributed by atoms with van der Waals surface area (Å²) >= 11 is 0. The highest BCUT2D eigenvalue weighted by Gasteiger charge is 2.20. The molecule has 0 fully saturated rings. The van der Waals surface area contributed by atoms with E-state index in [1.54, 1.807) is 13.0 Å². The van der Waals surface area contributed by atoms with E-state index in [-0.39, 0.29) is 11.3 Å². The number of carbonyl (C=O) groups excluding carboxylic acids is 1. The molecule has 0 N–H and O–H groups in total. The second-order valence-corrected chi connectivity index (χ2v) is 4.25. The third-order valence-corrected chi connectivity index (χ3v) is 2.71. The van der Waals surface area contributed by atoms with Crippen molar-refractivity contribution in [2.75, 3.05) is 0 Å². The van der Waals surface area contributed by atoms with Gasteiger partial charge in [-0.3, -0.25) is 14.9 Å². The smallest absolute Gasteiger partial charge is 0.307 e. The summed E-state index contributed by atoms with van der Waals surface area (Å²) in [5.41, 5.74) is -0.0349. The van der Waals surface area contributed by atoms with E-state index in [0.29, 0.717) is 18.4 Å². The number of benzene rings is 2. The molecule has 0 radical (unpaired) electrons. The molecule has 21 heavy (non-hydrogen) atoms. The highest BCUT2D eigenvalue weighted by molar-refractivity contribution is 5.79. The third kappa shape index (κ3) is 3.02. The predicted molar refractivity (Wildman–Crippen MR) is 69.7 cm³/mol. The minimum Gasteiger partial charge on any atom is -0.453 e. The van der Waals surface area contributed by atoms with Crippen LogP contribution in [0.3, 0.4) is 0 Å². The molecular weight excluding hydrogens is 284 g/mol. The molecule has 0 aliphatic carbocycles. The van der Waals surface area contributed by atoms with Crippen LogP contribution in [0.4, 0.5) is 14.5 Å². The number of aryl methyl sites for hydroxylation is 1. The summed E-state index contributed by atoms with van der Waals surface area (Å²) in [5.74, 6) is -2.83. The standard InChI is InChI=1S/C14H9F2NO4/c1-8-2-3-13(9(4-8)7-18)21-14-6-10(15)12(17(19)20)5-11(14)16/h2-7H,1H3. The molecule has 0 aliphatic rings. The van der Waals surface area contributed by atoms with E-state index in [9.17, 15) is 23.7 Å². The molecule has 7 heteroatoms. The van der Waals surface area contributed by atoms with Crippen LogP contribution in [0.25, 0.3) is 0 Å². The fourth-order valence-corrected chi connectivity index (χ4v) is 1.71. The van der Waals surface area contributed by atoms with Gasteiger partial charge in [-0.15, -0.1) is 0 Å². The Morgan fingerprint density at radius 2 is 1.86 bits per heavy atom. The van der Waals surface area contributed by atoms with Gasteiger partial charge in [0.05, 0.1) is 16.6 Å². The minimum atomic E-state index is -1.23. The number of aldehydes is 1. The summed E-state index contributed by atoms with van der Waals surface area (Å²) < 4.78 is 32.3. The van der Waals surface area contributed by atoms with Gasteiger partial charge < -0.3 is 4.74 Å². The molecule has 0 unspecified atom stereocenters. The molecule has 2 aromatic rings. The van der Waals surface area contributed by atoms with Gasteiger partial charge in [-0.25, -0.2) is 4.39 Å². The minimum absolute atomic E-state index is 0.0303. The number of ether oxygens (including phenoxy) is 1. The number of nitro groups is 1. The van der Waals surface area contributed by atoms with E-state index in [2.05, 4.69) is 0 Å². The summed E-state index contributed by atoms with van der Waals surface area (Å²) in [6.45, 7) is 1.75.